The number of ether oxygens (including phenoxy) is 2. The Hall–Kier alpha value is -3.33. The fourth-order valence-corrected chi connectivity index (χ4v) is 2.19. The Morgan fingerprint density at radius 1 is 1.12 bits per heavy atom. The van der Waals surface area contributed by atoms with Gasteiger partial charge in [0, 0.05) is 0 Å². The van der Waals surface area contributed by atoms with Crippen LogP contribution in [0.1, 0.15) is 25.8 Å². The number of esters is 1. The van der Waals surface area contributed by atoms with Gasteiger partial charge in [-0.2, -0.15) is 5.26 Å². The van der Waals surface area contributed by atoms with Crippen LogP contribution in [0.4, 0.5) is 5.69 Å². The summed E-state index contributed by atoms with van der Waals surface area (Å²) in [5.41, 5.74) is 0.702. The molecule has 0 aliphatic heterocycles. The lowest BCUT2D eigenvalue weighted by Gasteiger charge is -2.19. The largest absolute Gasteiger partial charge is 0.479 e. The van der Waals surface area contributed by atoms with Gasteiger partial charge in [-0.25, -0.2) is 4.79 Å². The van der Waals surface area contributed by atoms with Crippen LogP contribution >= 0.6 is 0 Å². The number of carbonyl (C=O) groups excluding carboxylic acids is 2. The van der Waals surface area contributed by atoms with Gasteiger partial charge < -0.3 is 14.8 Å². The molecule has 0 spiro atoms. The Balaban J connectivity index is 1.96. The molecule has 2 rings (SSSR count). The fraction of sp³-hybridized carbons (Fsp3) is 0.250. The van der Waals surface area contributed by atoms with Gasteiger partial charge in [0.1, 0.15) is 11.8 Å². The molecule has 6 nitrogen and oxygen atoms in total. The number of amides is 1. The van der Waals surface area contributed by atoms with Gasteiger partial charge in [0.2, 0.25) is 0 Å². The van der Waals surface area contributed by atoms with E-state index in [0.717, 1.165) is 0 Å². The van der Waals surface area contributed by atoms with Crippen molar-refractivity contribution in [2.45, 2.75) is 32.5 Å². The standard InChI is InChI=1S/C20H20N2O4/c1-3-18(26-16-10-5-4-6-11-16)20(24)25-14(2)19(23)22-17-12-8-7-9-15(17)13-21/h4-12,14,18H,3H2,1-2H3,(H,22,23)/t14-,18-/m0/s1. The Morgan fingerprint density at radius 2 is 1.77 bits per heavy atom. The van der Waals surface area contributed by atoms with Gasteiger partial charge in [0.25, 0.3) is 5.91 Å². The van der Waals surface area contributed by atoms with Gasteiger partial charge in [-0.1, -0.05) is 37.3 Å². The van der Waals surface area contributed by atoms with Crippen molar-refractivity contribution in [2.75, 3.05) is 5.32 Å². The van der Waals surface area contributed by atoms with Crippen molar-refractivity contribution in [3.8, 4) is 11.8 Å². The molecule has 0 heterocycles. The minimum absolute atomic E-state index is 0.332. The van der Waals surface area contributed by atoms with Crippen LogP contribution in [0, 0.1) is 11.3 Å². The normalized spacial score (nSPS) is 12.3. The summed E-state index contributed by atoms with van der Waals surface area (Å²) in [6, 6.07) is 17.5. The number of anilines is 1. The van der Waals surface area contributed by atoms with E-state index in [2.05, 4.69) is 5.32 Å². The molecule has 0 saturated carbocycles. The first kappa shape index (κ1) is 19.0. The van der Waals surface area contributed by atoms with E-state index >= 15 is 0 Å². The summed E-state index contributed by atoms with van der Waals surface area (Å²) in [6.07, 6.45) is -1.43. The number of hydrogen-bond donors (Lipinski definition) is 1. The molecule has 2 aromatic carbocycles. The Kier molecular flexibility index (Phi) is 6.75. The first-order chi connectivity index (χ1) is 12.5. The summed E-state index contributed by atoms with van der Waals surface area (Å²) in [5.74, 6) is -0.584. The monoisotopic (exact) mass is 352 g/mol. The Bertz CT molecular complexity index is 799. The molecule has 0 aromatic heterocycles. The summed E-state index contributed by atoms with van der Waals surface area (Å²) in [5, 5.41) is 11.7. The molecular weight excluding hydrogens is 332 g/mol. The second-order valence-corrected chi connectivity index (χ2v) is 5.55. The smallest absolute Gasteiger partial charge is 0.348 e. The quantitative estimate of drug-likeness (QED) is 0.773. The van der Waals surface area contributed by atoms with E-state index in [1.807, 2.05) is 12.1 Å². The number of carbonyl (C=O) groups is 2. The second-order valence-electron chi connectivity index (χ2n) is 5.55. The highest BCUT2D eigenvalue weighted by Gasteiger charge is 2.25. The molecule has 6 heteroatoms. The van der Waals surface area contributed by atoms with Crippen molar-refractivity contribution < 1.29 is 19.1 Å². The molecule has 1 amide bonds. The van der Waals surface area contributed by atoms with Crippen molar-refractivity contribution in [2.24, 2.45) is 0 Å². The highest BCUT2D eigenvalue weighted by molar-refractivity contribution is 5.96. The van der Waals surface area contributed by atoms with Crippen LogP contribution in [-0.2, 0) is 14.3 Å². The molecule has 1 N–H and O–H groups in total. The number of nitrogens with one attached hydrogen (secondary N) is 1. The number of rotatable bonds is 7. The van der Waals surface area contributed by atoms with Gasteiger partial charge in [0.05, 0.1) is 11.3 Å². The summed E-state index contributed by atoms with van der Waals surface area (Å²) in [6.45, 7) is 3.26. The molecule has 0 unspecified atom stereocenters. The molecular formula is C20H20N2O4. The van der Waals surface area contributed by atoms with Crippen molar-refractivity contribution in [1.82, 2.24) is 0 Å². The maximum absolute atomic E-state index is 12.3. The van der Waals surface area contributed by atoms with E-state index in [-0.39, 0.29) is 0 Å². The van der Waals surface area contributed by atoms with Crippen LogP contribution in [0.15, 0.2) is 54.6 Å². The van der Waals surface area contributed by atoms with Gasteiger partial charge in [0.15, 0.2) is 12.2 Å². The van der Waals surface area contributed by atoms with E-state index in [4.69, 9.17) is 14.7 Å². The highest BCUT2D eigenvalue weighted by Crippen LogP contribution is 2.16. The van der Waals surface area contributed by atoms with Crippen molar-refractivity contribution in [3.05, 3.63) is 60.2 Å². The SMILES string of the molecule is CC[C@H](Oc1ccccc1)C(=O)O[C@@H](C)C(=O)Nc1ccccc1C#N. The Morgan fingerprint density at radius 3 is 2.42 bits per heavy atom. The molecule has 2 aromatic rings. The third-order valence-corrected chi connectivity index (χ3v) is 3.62. The third-order valence-electron chi connectivity index (χ3n) is 3.62. The first-order valence-corrected chi connectivity index (χ1v) is 8.27. The summed E-state index contributed by atoms with van der Waals surface area (Å²) < 4.78 is 10.8. The first-order valence-electron chi connectivity index (χ1n) is 8.27. The lowest BCUT2D eigenvalue weighted by molar-refractivity contribution is -0.160. The zero-order valence-corrected chi connectivity index (χ0v) is 14.6. The number of para-hydroxylation sites is 2. The molecule has 0 aliphatic rings. The number of nitrogens with zero attached hydrogens (tertiary/aromatic N) is 1. The number of nitriles is 1. The summed E-state index contributed by atoms with van der Waals surface area (Å²) in [7, 11) is 0. The van der Waals surface area contributed by atoms with E-state index in [1.54, 1.807) is 55.5 Å². The lowest BCUT2D eigenvalue weighted by atomic mass is 10.2. The number of hydrogen-bond acceptors (Lipinski definition) is 5. The van der Waals surface area contributed by atoms with E-state index in [9.17, 15) is 9.59 Å². The maximum atomic E-state index is 12.3. The lowest BCUT2D eigenvalue weighted by Crippen LogP contribution is -2.36. The summed E-state index contributed by atoms with van der Waals surface area (Å²) in [4.78, 5) is 24.5. The average Bonchev–Trinajstić information content (AvgIpc) is 2.67. The molecule has 0 bridgehead atoms. The van der Waals surface area contributed by atoms with Crippen LogP contribution in [0.5, 0.6) is 5.75 Å². The Labute approximate surface area is 152 Å². The van der Waals surface area contributed by atoms with E-state index in [0.29, 0.717) is 23.4 Å². The van der Waals surface area contributed by atoms with Crippen LogP contribution in [0.3, 0.4) is 0 Å². The summed E-state index contributed by atoms with van der Waals surface area (Å²) >= 11 is 0. The van der Waals surface area contributed by atoms with Crippen molar-refractivity contribution in [3.63, 3.8) is 0 Å². The fourth-order valence-electron chi connectivity index (χ4n) is 2.19. The van der Waals surface area contributed by atoms with Gasteiger partial charge in [-0.05, 0) is 37.6 Å². The van der Waals surface area contributed by atoms with Crippen molar-refractivity contribution in [1.29, 1.82) is 5.26 Å². The molecule has 0 fully saturated rings. The topological polar surface area (TPSA) is 88.4 Å². The average molecular weight is 352 g/mol. The van der Waals surface area contributed by atoms with Gasteiger partial charge in [-0.3, -0.25) is 4.79 Å². The third kappa shape index (κ3) is 5.08. The minimum Gasteiger partial charge on any atom is -0.479 e. The predicted octanol–water partition coefficient (Wildman–Crippen LogP) is 3.29. The van der Waals surface area contributed by atoms with Gasteiger partial charge in [-0.15, -0.1) is 0 Å². The van der Waals surface area contributed by atoms with Crippen LogP contribution in [0.2, 0.25) is 0 Å². The molecule has 0 saturated heterocycles. The van der Waals surface area contributed by atoms with Crippen LogP contribution in [-0.4, -0.2) is 24.1 Å². The maximum Gasteiger partial charge on any atom is 0.348 e. The zero-order chi connectivity index (χ0) is 18.9. The van der Waals surface area contributed by atoms with Crippen LogP contribution in [0.25, 0.3) is 0 Å². The molecule has 26 heavy (non-hydrogen) atoms. The van der Waals surface area contributed by atoms with Crippen LogP contribution < -0.4 is 10.1 Å². The number of benzene rings is 2. The van der Waals surface area contributed by atoms with Crippen molar-refractivity contribution >= 4 is 17.6 Å². The minimum atomic E-state index is -1.03. The molecule has 2 atom stereocenters. The van der Waals surface area contributed by atoms with E-state index < -0.39 is 24.1 Å². The molecule has 0 radical (unpaired) electrons. The van der Waals surface area contributed by atoms with E-state index in [1.165, 1.54) is 6.92 Å². The zero-order valence-electron chi connectivity index (χ0n) is 14.6. The molecule has 0 aliphatic carbocycles. The second kappa shape index (κ2) is 9.23. The highest BCUT2D eigenvalue weighted by atomic mass is 16.6. The molecule has 134 valence electrons. The predicted molar refractivity (Wildman–Crippen MR) is 96.5 cm³/mol. The van der Waals surface area contributed by atoms with Gasteiger partial charge >= 0.3 is 5.97 Å².